The molecule has 2 rings (SSSR count). The molecule has 31 heavy (non-hydrogen) atoms. The fourth-order valence-electron chi connectivity index (χ4n) is 3.03. The van der Waals surface area contributed by atoms with Crippen molar-refractivity contribution in [3.05, 3.63) is 71.0 Å². The molecule has 0 aliphatic rings. The lowest BCUT2D eigenvalue weighted by Gasteiger charge is -2.22. The van der Waals surface area contributed by atoms with Crippen molar-refractivity contribution >= 4 is 40.0 Å². The fraction of sp³-hybridized carbons (Fsp3) is 0.409. The van der Waals surface area contributed by atoms with Crippen molar-refractivity contribution < 1.29 is 12.8 Å². The number of halogens is 2. The van der Waals surface area contributed by atoms with Gasteiger partial charge in [-0.25, -0.2) is 22.5 Å². The van der Waals surface area contributed by atoms with Crippen LogP contribution >= 0.6 is 24.0 Å². The molecule has 0 amide bonds. The Morgan fingerprint density at radius 3 is 2.29 bits per heavy atom. The van der Waals surface area contributed by atoms with Gasteiger partial charge in [-0.2, -0.15) is 0 Å². The van der Waals surface area contributed by atoms with Crippen molar-refractivity contribution in [2.75, 3.05) is 13.6 Å². The maximum absolute atomic E-state index is 13.1. The number of hydrogen-bond donors (Lipinski definition) is 2. The lowest BCUT2D eigenvalue weighted by molar-refractivity contribution is 0.476. The first-order valence-electron chi connectivity index (χ1n) is 10.0. The van der Waals surface area contributed by atoms with Gasteiger partial charge in [0, 0.05) is 26.2 Å². The highest BCUT2D eigenvalue weighted by atomic mass is 127. The average molecular weight is 562 g/mol. The molecule has 9 heteroatoms. The summed E-state index contributed by atoms with van der Waals surface area (Å²) in [5.41, 5.74) is 2.56. The highest BCUT2D eigenvalue weighted by Crippen LogP contribution is 2.14. The van der Waals surface area contributed by atoms with Gasteiger partial charge in [-0.1, -0.05) is 36.4 Å². The van der Waals surface area contributed by atoms with Crippen molar-refractivity contribution in [3.8, 4) is 0 Å². The fourth-order valence-corrected chi connectivity index (χ4v) is 4.52. The minimum Gasteiger partial charge on any atom is -0.357 e. The van der Waals surface area contributed by atoms with Crippen LogP contribution in [0.25, 0.3) is 0 Å². The lowest BCUT2D eigenvalue weighted by atomic mass is 10.1. The summed E-state index contributed by atoms with van der Waals surface area (Å²) in [7, 11) is -1.51. The molecule has 0 unspecified atom stereocenters. The van der Waals surface area contributed by atoms with Crippen molar-refractivity contribution in [1.82, 2.24) is 14.9 Å². The molecule has 6 nitrogen and oxygen atoms in total. The summed E-state index contributed by atoms with van der Waals surface area (Å²) in [5.74, 6) is 0.346. The Morgan fingerprint density at radius 2 is 1.71 bits per heavy atom. The summed E-state index contributed by atoms with van der Waals surface area (Å²) in [6.07, 6.45) is 0. The Morgan fingerprint density at radius 1 is 1.10 bits per heavy atom. The molecular formula is C22H32FIN4O2S. The molecule has 0 spiro atoms. The van der Waals surface area contributed by atoms with Gasteiger partial charge in [0.05, 0.1) is 12.3 Å². The van der Waals surface area contributed by atoms with Gasteiger partial charge in [0.15, 0.2) is 5.96 Å². The molecule has 0 aliphatic carbocycles. The van der Waals surface area contributed by atoms with E-state index in [1.165, 1.54) is 12.1 Å². The molecular weight excluding hydrogens is 530 g/mol. The second-order valence-corrected chi connectivity index (χ2v) is 9.21. The molecule has 172 valence electrons. The number of aliphatic imine (C=N–C) groups is 1. The SMILES string of the molecule is CCNC(=NCc1ccccc1CS(=O)(=O)NC(C)C)N(C)Cc1ccc(F)cc1.I. The minimum atomic E-state index is -3.42. The van der Waals surface area contributed by atoms with Gasteiger partial charge >= 0.3 is 0 Å². The molecule has 0 aliphatic heterocycles. The molecule has 0 heterocycles. The van der Waals surface area contributed by atoms with Crippen LogP contribution < -0.4 is 10.0 Å². The average Bonchev–Trinajstić information content (AvgIpc) is 2.66. The largest absolute Gasteiger partial charge is 0.357 e. The van der Waals surface area contributed by atoms with E-state index >= 15 is 0 Å². The molecule has 0 aromatic heterocycles. The number of nitrogens with one attached hydrogen (secondary N) is 2. The standard InChI is InChI=1S/C22H31FN4O2S.HI/c1-5-24-22(27(4)15-18-10-12-21(23)13-11-18)25-14-19-8-6-7-9-20(19)16-30(28,29)26-17(2)3;/h6-13,17,26H,5,14-16H2,1-4H3,(H,24,25);1H. The Labute approximate surface area is 202 Å². The topological polar surface area (TPSA) is 73.8 Å². The molecule has 2 N–H and O–H groups in total. The van der Waals surface area contributed by atoms with E-state index in [0.29, 0.717) is 25.6 Å². The van der Waals surface area contributed by atoms with Gasteiger partial charge in [0.2, 0.25) is 10.0 Å². The van der Waals surface area contributed by atoms with Crippen LogP contribution in [0.3, 0.4) is 0 Å². The highest BCUT2D eigenvalue weighted by Gasteiger charge is 2.15. The number of benzene rings is 2. The quantitative estimate of drug-likeness (QED) is 0.277. The third-order valence-corrected chi connectivity index (χ3v) is 5.83. The van der Waals surface area contributed by atoms with E-state index in [1.807, 2.05) is 43.1 Å². The van der Waals surface area contributed by atoms with E-state index in [-0.39, 0.29) is 41.6 Å². The van der Waals surface area contributed by atoms with Crippen LogP contribution in [0.2, 0.25) is 0 Å². The molecule has 0 saturated carbocycles. The van der Waals surface area contributed by atoms with Crippen molar-refractivity contribution in [1.29, 1.82) is 0 Å². The van der Waals surface area contributed by atoms with Gasteiger partial charge in [-0.3, -0.25) is 0 Å². The number of nitrogens with zero attached hydrogens (tertiary/aromatic N) is 2. The molecule has 2 aromatic carbocycles. The number of guanidine groups is 1. The number of hydrogen-bond acceptors (Lipinski definition) is 3. The summed E-state index contributed by atoms with van der Waals surface area (Å²) in [5, 5.41) is 3.25. The van der Waals surface area contributed by atoms with Gasteiger partial charge in [0.25, 0.3) is 0 Å². The van der Waals surface area contributed by atoms with Gasteiger partial charge in [0.1, 0.15) is 5.82 Å². The molecule has 0 bridgehead atoms. The first kappa shape index (κ1) is 27.3. The van der Waals surface area contributed by atoms with Crippen LogP contribution in [0, 0.1) is 5.82 Å². The second-order valence-electron chi connectivity index (χ2n) is 7.45. The number of rotatable bonds is 9. The van der Waals surface area contributed by atoms with Crippen LogP contribution in [0.15, 0.2) is 53.5 Å². The normalized spacial score (nSPS) is 11.9. The Bertz CT molecular complexity index is 950. The van der Waals surface area contributed by atoms with Crippen LogP contribution in [0.4, 0.5) is 4.39 Å². The zero-order valence-corrected chi connectivity index (χ0v) is 21.6. The summed E-state index contributed by atoms with van der Waals surface area (Å²) in [6, 6.07) is 13.7. The van der Waals surface area contributed by atoms with E-state index in [4.69, 9.17) is 4.99 Å². The highest BCUT2D eigenvalue weighted by molar-refractivity contribution is 14.0. The van der Waals surface area contributed by atoms with Crippen molar-refractivity contribution in [3.63, 3.8) is 0 Å². The first-order chi connectivity index (χ1) is 14.2. The minimum absolute atomic E-state index is 0. The monoisotopic (exact) mass is 562 g/mol. The predicted molar refractivity (Wildman–Crippen MR) is 135 cm³/mol. The number of sulfonamides is 1. The Kier molecular flexibility index (Phi) is 11.4. The predicted octanol–water partition coefficient (Wildman–Crippen LogP) is 3.87. The molecule has 0 saturated heterocycles. The molecule has 2 aromatic rings. The summed E-state index contributed by atoms with van der Waals surface area (Å²) < 4.78 is 40.4. The van der Waals surface area contributed by atoms with Crippen LogP contribution in [-0.2, 0) is 28.9 Å². The molecule has 0 radical (unpaired) electrons. The van der Waals surface area contributed by atoms with E-state index in [9.17, 15) is 12.8 Å². The maximum Gasteiger partial charge on any atom is 0.216 e. The zero-order valence-electron chi connectivity index (χ0n) is 18.4. The Balaban J connectivity index is 0.00000480. The van der Waals surface area contributed by atoms with Crippen molar-refractivity contribution in [2.24, 2.45) is 4.99 Å². The third kappa shape index (κ3) is 9.53. The molecule has 0 fully saturated rings. The van der Waals surface area contributed by atoms with Gasteiger partial charge < -0.3 is 10.2 Å². The van der Waals surface area contributed by atoms with Gasteiger partial charge in [-0.15, -0.1) is 24.0 Å². The van der Waals surface area contributed by atoms with E-state index in [2.05, 4.69) is 10.0 Å². The lowest BCUT2D eigenvalue weighted by Crippen LogP contribution is -2.38. The van der Waals surface area contributed by atoms with Gasteiger partial charge in [-0.05, 0) is 49.6 Å². The van der Waals surface area contributed by atoms with E-state index in [1.54, 1.807) is 26.0 Å². The Hall–Kier alpha value is -1.72. The first-order valence-corrected chi connectivity index (χ1v) is 11.7. The summed E-state index contributed by atoms with van der Waals surface area (Å²) in [6.45, 7) is 7.20. The smallest absolute Gasteiger partial charge is 0.216 e. The summed E-state index contributed by atoms with van der Waals surface area (Å²) in [4.78, 5) is 6.65. The molecule has 0 atom stereocenters. The van der Waals surface area contributed by atoms with E-state index in [0.717, 1.165) is 16.7 Å². The third-order valence-electron chi connectivity index (χ3n) is 4.31. The zero-order chi connectivity index (χ0) is 22.1. The van der Waals surface area contributed by atoms with Crippen LogP contribution in [0.5, 0.6) is 0 Å². The van der Waals surface area contributed by atoms with Crippen LogP contribution in [-0.4, -0.2) is 38.9 Å². The maximum atomic E-state index is 13.1. The second kappa shape index (κ2) is 13.0. The van der Waals surface area contributed by atoms with Crippen molar-refractivity contribution in [2.45, 2.75) is 45.7 Å². The van der Waals surface area contributed by atoms with E-state index < -0.39 is 10.0 Å². The summed E-state index contributed by atoms with van der Waals surface area (Å²) >= 11 is 0. The van der Waals surface area contributed by atoms with Crippen LogP contribution in [0.1, 0.15) is 37.5 Å².